The first-order valence-corrected chi connectivity index (χ1v) is 7.46. The molecule has 0 heterocycles. The molecule has 0 saturated heterocycles. The molecule has 2 nitrogen and oxygen atoms in total. The first-order chi connectivity index (χ1) is 10.0. The summed E-state index contributed by atoms with van der Waals surface area (Å²) in [5.74, 6) is -0.235. The van der Waals surface area contributed by atoms with Crippen molar-refractivity contribution in [3.63, 3.8) is 0 Å². The summed E-state index contributed by atoms with van der Waals surface area (Å²) in [6.45, 7) is 4.81. The molecule has 0 amide bonds. The second-order valence-electron chi connectivity index (χ2n) is 5.18. The van der Waals surface area contributed by atoms with Gasteiger partial charge in [-0.3, -0.25) is 0 Å². The fraction of sp³-hybridized carbons (Fsp3) is 0.294. The minimum Gasteiger partial charge on any atom is -0.342 e. The van der Waals surface area contributed by atoms with Crippen molar-refractivity contribution in [2.45, 2.75) is 26.3 Å². The molecule has 2 N–H and O–H groups in total. The van der Waals surface area contributed by atoms with Crippen LogP contribution in [0.1, 0.15) is 19.4 Å². The smallest absolute Gasteiger partial charge is 0.123 e. The molecule has 112 valence electrons. The van der Waals surface area contributed by atoms with Gasteiger partial charge in [0.1, 0.15) is 5.82 Å². The van der Waals surface area contributed by atoms with Crippen LogP contribution in [0.2, 0.25) is 5.02 Å². The van der Waals surface area contributed by atoms with E-state index < -0.39 is 0 Å². The molecule has 0 aliphatic rings. The van der Waals surface area contributed by atoms with Crippen molar-refractivity contribution in [2.24, 2.45) is 5.73 Å². The second-order valence-corrected chi connectivity index (χ2v) is 5.61. The van der Waals surface area contributed by atoms with E-state index in [4.69, 9.17) is 17.3 Å². The molecule has 0 aromatic heterocycles. The van der Waals surface area contributed by atoms with E-state index in [1.165, 1.54) is 12.1 Å². The summed E-state index contributed by atoms with van der Waals surface area (Å²) in [5.41, 5.74) is 9.04. The van der Waals surface area contributed by atoms with E-state index in [1.54, 1.807) is 12.1 Å². The molecule has 2 aromatic carbocycles. The van der Waals surface area contributed by atoms with Gasteiger partial charge in [0, 0.05) is 29.0 Å². The van der Waals surface area contributed by atoms with Gasteiger partial charge in [-0.15, -0.1) is 0 Å². The monoisotopic (exact) mass is 306 g/mol. The predicted octanol–water partition coefficient (Wildman–Crippen LogP) is 4.53. The summed E-state index contributed by atoms with van der Waals surface area (Å²) in [6.07, 6.45) is 0.744. The maximum atomic E-state index is 13.1. The lowest BCUT2D eigenvalue weighted by molar-refractivity contribution is 0.628. The van der Waals surface area contributed by atoms with Crippen molar-refractivity contribution in [1.29, 1.82) is 0 Å². The van der Waals surface area contributed by atoms with E-state index in [1.807, 2.05) is 25.1 Å². The van der Waals surface area contributed by atoms with Crippen molar-refractivity contribution in [3.05, 3.63) is 58.9 Å². The zero-order chi connectivity index (χ0) is 15.4. The third-order valence-electron chi connectivity index (χ3n) is 3.33. The Morgan fingerprint density at radius 2 is 1.86 bits per heavy atom. The SMILES string of the molecule is CCN(c1ccc(F)cc1)c1ccc(Cl)cc1CC(C)N. The van der Waals surface area contributed by atoms with Gasteiger partial charge < -0.3 is 10.6 Å². The second kappa shape index (κ2) is 6.92. The highest BCUT2D eigenvalue weighted by Gasteiger charge is 2.13. The highest BCUT2D eigenvalue weighted by molar-refractivity contribution is 6.30. The van der Waals surface area contributed by atoms with Crippen molar-refractivity contribution < 1.29 is 4.39 Å². The van der Waals surface area contributed by atoms with E-state index in [0.717, 1.165) is 29.9 Å². The molecule has 0 spiro atoms. The van der Waals surface area contributed by atoms with E-state index in [2.05, 4.69) is 11.8 Å². The number of anilines is 2. The number of nitrogens with two attached hydrogens (primary N) is 1. The summed E-state index contributed by atoms with van der Waals surface area (Å²) in [5, 5.41) is 0.699. The Labute approximate surface area is 130 Å². The first kappa shape index (κ1) is 15.8. The molecule has 0 saturated carbocycles. The highest BCUT2D eigenvalue weighted by atomic mass is 35.5. The molecule has 2 rings (SSSR count). The van der Waals surface area contributed by atoms with Crippen LogP contribution >= 0.6 is 11.6 Å². The molecule has 1 unspecified atom stereocenters. The lowest BCUT2D eigenvalue weighted by Gasteiger charge is -2.26. The average Bonchev–Trinajstić information content (AvgIpc) is 2.43. The minimum atomic E-state index is -0.235. The summed E-state index contributed by atoms with van der Waals surface area (Å²) >= 11 is 6.11. The first-order valence-electron chi connectivity index (χ1n) is 7.08. The van der Waals surface area contributed by atoms with Gasteiger partial charge in [-0.2, -0.15) is 0 Å². The summed E-state index contributed by atoms with van der Waals surface area (Å²) in [4.78, 5) is 2.13. The Morgan fingerprint density at radius 1 is 1.19 bits per heavy atom. The van der Waals surface area contributed by atoms with Crippen molar-refractivity contribution in [3.8, 4) is 0 Å². The Balaban J connectivity index is 2.43. The lowest BCUT2D eigenvalue weighted by Crippen LogP contribution is -2.22. The third-order valence-corrected chi connectivity index (χ3v) is 3.56. The van der Waals surface area contributed by atoms with Gasteiger partial charge in [0.2, 0.25) is 0 Å². The van der Waals surface area contributed by atoms with Crippen molar-refractivity contribution in [2.75, 3.05) is 11.4 Å². The Bertz CT molecular complexity index is 596. The Hall–Kier alpha value is -1.58. The van der Waals surface area contributed by atoms with E-state index in [0.29, 0.717) is 5.02 Å². The fourth-order valence-electron chi connectivity index (χ4n) is 2.44. The van der Waals surface area contributed by atoms with Crippen LogP contribution in [-0.4, -0.2) is 12.6 Å². The van der Waals surface area contributed by atoms with Crippen LogP contribution in [0.15, 0.2) is 42.5 Å². The Morgan fingerprint density at radius 3 is 2.43 bits per heavy atom. The quantitative estimate of drug-likeness (QED) is 0.879. The standard InChI is InChI=1S/C17H20ClFN2/c1-3-21(16-7-5-15(19)6-8-16)17-9-4-14(18)11-13(17)10-12(2)20/h4-9,11-12H,3,10,20H2,1-2H3. The molecule has 4 heteroatoms. The Kier molecular flexibility index (Phi) is 5.21. The molecule has 0 aliphatic heterocycles. The number of benzene rings is 2. The van der Waals surface area contributed by atoms with Crippen LogP contribution in [0, 0.1) is 5.82 Å². The van der Waals surface area contributed by atoms with Gasteiger partial charge in [0.25, 0.3) is 0 Å². The summed E-state index contributed by atoms with van der Waals surface area (Å²) in [6, 6.07) is 12.4. The summed E-state index contributed by atoms with van der Waals surface area (Å²) < 4.78 is 13.1. The number of halogens is 2. The molecular weight excluding hydrogens is 287 g/mol. The highest BCUT2D eigenvalue weighted by Crippen LogP contribution is 2.31. The van der Waals surface area contributed by atoms with Crippen LogP contribution < -0.4 is 10.6 Å². The fourth-order valence-corrected chi connectivity index (χ4v) is 2.64. The van der Waals surface area contributed by atoms with Gasteiger partial charge in [-0.1, -0.05) is 11.6 Å². The number of hydrogen-bond donors (Lipinski definition) is 1. The predicted molar refractivity (Wildman–Crippen MR) is 87.9 cm³/mol. The van der Waals surface area contributed by atoms with E-state index in [9.17, 15) is 4.39 Å². The topological polar surface area (TPSA) is 29.3 Å². The normalized spacial score (nSPS) is 12.2. The van der Waals surface area contributed by atoms with Crippen LogP contribution in [0.5, 0.6) is 0 Å². The van der Waals surface area contributed by atoms with E-state index in [-0.39, 0.29) is 11.9 Å². The molecule has 1 atom stereocenters. The number of nitrogens with zero attached hydrogens (tertiary/aromatic N) is 1. The van der Waals surface area contributed by atoms with Gasteiger partial charge in [0.05, 0.1) is 0 Å². The lowest BCUT2D eigenvalue weighted by atomic mass is 10.0. The van der Waals surface area contributed by atoms with Gasteiger partial charge in [0.15, 0.2) is 0 Å². The third kappa shape index (κ3) is 3.96. The minimum absolute atomic E-state index is 0.0501. The molecule has 0 aliphatic carbocycles. The average molecular weight is 307 g/mol. The van der Waals surface area contributed by atoms with Gasteiger partial charge in [-0.25, -0.2) is 4.39 Å². The number of rotatable bonds is 5. The molecule has 21 heavy (non-hydrogen) atoms. The van der Waals surface area contributed by atoms with Crippen molar-refractivity contribution >= 4 is 23.0 Å². The number of hydrogen-bond acceptors (Lipinski definition) is 2. The molecular formula is C17H20ClFN2. The molecule has 0 radical (unpaired) electrons. The van der Waals surface area contributed by atoms with Gasteiger partial charge in [-0.05, 0) is 68.3 Å². The zero-order valence-electron chi connectivity index (χ0n) is 12.3. The maximum Gasteiger partial charge on any atom is 0.123 e. The maximum absolute atomic E-state index is 13.1. The van der Waals surface area contributed by atoms with Crippen molar-refractivity contribution in [1.82, 2.24) is 0 Å². The molecule has 2 aromatic rings. The molecule has 0 bridgehead atoms. The van der Waals surface area contributed by atoms with Crippen LogP contribution in [0.25, 0.3) is 0 Å². The van der Waals surface area contributed by atoms with E-state index >= 15 is 0 Å². The van der Waals surface area contributed by atoms with Crippen LogP contribution in [0.4, 0.5) is 15.8 Å². The zero-order valence-corrected chi connectivity index (χ0v) is 13.1. The van der Waals surface area contributed by atoms with Crippen LogP contribution in [0.3, 0.4) is 0 Å². The molecule has 0 fully saturated rings. The van der Waals surface area contributed by atoms with Gasteiger partial charge >= 0.3 is 0 Å². The largest absolute Gasteiger partial charge is 0.342 e. The van der Waals surface area contributed by atoms with Crippen LogP contribution in [-0.2, 0) is 6.42 Å². The summed E-state index contributed by atoms with van der Waals surface area (Å²) in [7, 11) is 0.